The van der Waals surface area contributed by atoms with E-state index in [1.807, 2.05) is 54.6 Å². The first kappa shape index (κ1) is 26.7. The Morgan fingerprint density at radius 2 is 1.84 bits per heavy atom. The van der Waals surface area contributed by atoms with Gasteiger partial charge in [0.2, 0.25) is 0 Å². The van der Waals surface area contributed by atoms with Crippen molar-refractivity contribution < 1.29 is 38.0 Å². The van der Waals surface area contributed by atoms with Crippen molar-refractivity contribution in [2.75, 3.05) is 20.3 Å². The first-order valence-electron chi connectivity index (χ1n) is 13.5. The third-order valence-electron chi connectivity index (χ3n) is 7.78. The van der Waals surface area contributed by atoms with Crippen LogP contribution in [0.5, 0.6) is 5.75 Å². The number of aryl methyl sites for hydroxylation is 1. The van der Waals surface area contributed by atoms with Crippen LogP contribution in [0.2, 0.25) is 0 Å². The molecule has 5 atom stereocenters. The van der Waals surface area contributed by atoms with Crippen LogP contribution in [0.3, 0.4) is 0 Å². The molecule has 0 radical (unpaired) electrons. The quantitative estimate of drug-likeness (QED) is 0.299. The molecule has 0 bridgehead atoms. The summed E-state index contributed by atoms with van der Waals surface area (Å²) in [6, 6.07) is 17.4. The highest BCUT2D eigenvalue weighted by molar-refractivity contribution is 5.79. The van der Waals surface area contributed by atoms with Crippen molar-refractivity contribution in [3.05, 3.63) is 65.7 Å². The minimum Gasteiger partial charge on any atom is -0.497 e. The lowest BCUT2D eigenvalue weighted by Crippen LogP contribution is -2.48. The van der Waals surface area contributed by atoms with Crippen LogP contribution >= 0.6 is 0 Å². The molecule has 0 amide bonds. The van der Waals surface area contributed by atoms with Gasteiger partial charge in [-0.1, -0.05) is 62.2 Å². The third-order valence-corrected chi connectivity index (χ3v) is 7.78. The number of hydrogen-bond donors (Lipinski definition) is 0. The molecule has 8 heteroatoms. The molecular formula is C30H36O8. The van der Waals surface area contributed by atoms with Gasteiger partial charge in [0, 0.05) is 12.8 Å². The summed E-state index contributed by atoms with van der Waals surface area (Å²) in [5.41, 5.74) is 0.963. The van der Waals surface area contributed by atoms with E-state index >= 15 is 0 Å². The van der Waals surface area contributed by atoms with Gasteiger partial charge in [0.1, 0.15) is 24.4 Å². The Morgan fingerprint density at radius 1 is 1.05 bits per heavy atom. The molecule has 3 saturated heterocycles. The number of methoxy groups -OCH3 is 1. The van der Waals surface area contributed by atoms with Gasteiger partial charge in [-0.2, -0.15) is 0 Å². The Labute approximate surface area is 223 Å². The minimum absolute atomic E-state index is 0.0608. The van der Waals surface area contributed by atoms with Crippen LogP contribution in [0, 0.1) is 5.92 Å². The standard InChI is InChI=1S/C30H36O8/c1-3-4-8-17-30(36-18-22-9-6-5-7-10-22)26-28(32)34-20-29(26)27(38-30)24(19-35-29)37-25(31)16-13-21-11-14-23(33-2)15-12-21/h5-7,9-12,14-15,24,26-27H,3-4,8,13,16-20H2,1-2H3/t24-,26+,27+,29+,30-/m1/s1. The number of carbonyl (C=O) groups is 2. The second-order valence-corrected chi connectivity index (χ2v) is 10.3. The Hall–Kier alpha value is -2.94. The predicted octanol–water partition coefficient (Wildman–Crippen LogP) is 4.37. The summed E-state index contributed by atoms with van der Waals surface area (Å²) >= 11 is 0. The number of cyclic esters (lactones) is 1. The Balaban J connectivity index is 1.30. The van der Waals surface area contributed by atoms with Gasteiger partial charge in [-0.05, 0) is 36.1 Å². The maximum absolute atomic E-state index is 13.1. The summed E-state index contributed by atoms with van der Waals surface area (Å²) in [4.78, 5) is 25.9. The molecule has 2 aromatic carbocycles. The largest absolute Gasteiger partial charge is 0.497 e. The average molecular weight is 525 g/mol. The molecule has 3 fully saturated rings. The second-order valence-electron chi connectivity index (χ2n) is 10.3. The molecule has 3 aliphatic rings. The lowest BCUT2D eigenvalue weighted by molar-refractivity contribution is -0.266. The molecule has 0 aliphatic carbocycles. The third kappa shape index (κ3) is 5.17. The topological polar surface area (TPSA) is 89.5 Å². The molecule has 8 nitrogen and oxygen atoms in total. The molecular weight excluding hydrogens is 488 g/mol. The SMILES string of the molecule is CCCCC[C@@]1(OCc2ccccc2)O[C@H]2[C@H](OC(=O)CCc3ccc(OC)cc3)CO[C@]23COC(=O)[C@H]13. The first-order chi connectivity index (χ1) is 18.5. The summed E-state index contributed by atoms with van der Waals surface area (Å²) in [7, 11) is 1.62. The number of hydrogen-bond acceptors (Lipinski definition) is 8. The van der Waals surface area contributed by atoms with Gasteiger partial charge in [0.05, 0.1) is 20.3 Å². The summed E-state index contributed by atoms with van der Waals surface area (Å²) in [6.07, 6.45) is 2.79. The normalized spacial score (nSPS) is 29.5. The van der Waals surface area contributed by atoms with E-state index in [4.69, 9.17) is 28.4 Å². The van der Waals surface area contributed by atoms with Crippen LogP contribution in [0.25, 0.3) is 0 Å². The van der Waals surface area contributed by atoms with Crippen LogP contribution in [0.4, 0.5) is 0 Å². The van der Waals surface area contributed by atoms with E-state index in [0.29, 0.717) is 12.8 Å². The van der Waals surface area contributed by atoms with Crippen LogP contribution in [0.15, 0.2) is 54.6 Å². The number of esters is 2. The number of carbonyl (C=O) groups excluding carboxylic acids is 2. The zero-order valence-corrected chi connectivity index (χ0v) is 22.1. The van der Waals surface area contributed by atoms with Gasteiger partial charge < -0.3 is 28.4 Å². The smallest absolute Gasteiger partial charge is 0.317 e. The fraction of sp³-hybridized carbons (Fsp3) is 0.533. The van der Waals surface area contributed by atoms with Crippen molar-refractivity contribution in [2.24, 2.45) is 5.92 Å². The zero-order chi connectivity index (χ0) is 26.6. The maximum Gasteiger partial charge on any atom is 0.317 e. The van der Waals surface area contributed by atoms with E-state index in [2.05, 4.69) is 6.92 Å². The van der Waals surface area contributed by atoms with E-state index < -0.39 is 29.5 Å². The van der Waals surface area contributed by atoms with Crippen LogP contribution < -0.4 is 4.74 Å². The first-order valence-corrected chi connectivity index (χ1v) is 13.5. The summed E-state index contributed by atoms with van der Waals surface area (Å²) in [5.74, 6) is -1.92. The summed E-state index contributed by atoms with van der Waals surface area (Å²) < 4.78 is 35.9. The highest BCUT2D eigenvalue weighted by Gasteiger charge is 2.76. The molecule has 38 heavy (non-hydrogen) atoms. The molecule has 3 heterocycles. The molecule has 0 N–H and O–H groups in total. The van der Waals surface area contributed by atoms with Gasteiger partial charge in [-0.15, -0.1) is 0 Å². The molecule has 1 spiro atoms. The molecule has 2 aromatic rings. The molecule has 0 saturated carbocycles. The molecule has 3 aliphatic heterocycles. The fourth-order valence-corrected chi connectivity index (χ4v) is 5.81. The van der Waals surface area contributed by atoms with Gasteiger partial charge in [-0.3, -0.25) is 9.59 Å². The van der Waals surface area contributed by atoms with Crippen molar-refractivity contribution in [2.45, 2.75) is 75.7 Å². The second kappa shape index (κ2) is 11.4. The number of rotatable bonds is 12. The van der Waals surface area contributed by atoms with E-state index in [1.54, 1.807) is 7.11 Å². The Morgan fingerprint density at radius 3 is 2.58 bits per heavy atom. The lowest BCUT2D eigenvalue weighted by atomic mass is 9.81. The van der Waals surface area contributed by atoms with Crippen molar-refractivity contribution in [3.63, 3.8) is 0 Å². The Bertz CT molecular complexity index is 1100. The number of benzene rings is 2. The van der Waals surface area contributed by atoms with E-state index in [0.717, 1.165) is 36.1 Å². The number of unbranched alkanes of at least 4 members (excludes halogenated alkanes) is 2. The van der Waals surface area contributed by atoms with Crippen molar-refractivity contribution in [1.82, 2.24) is 0 Å². The Kier molecular flexibility index (Phi) is 8.02. The molecule has 5 rings (SSSR count). The zero-order valence-electron chi connectivity index (χ0n) is 22.1. The summed E-state index contributed by atoms with van der Waals surface area (Å²) in [6.45, 7) is 2.62. The van der Waals surface area contributed by atoms with Crippen molar-refractivity contribution >= 4 is 11.9 Å². The fourth-order valence-electron chi connectivity index (χ4n) is 5.81. The van der Waals surface area contributed by atoms with Gasteiger partial charge in [0.25, 0.3) is 0 Å². The molecule has 0 unspecified atom stereocenters. The van der Waals surface area contributed by atoms with Crippen LogP contribution in [0.1, 0.15) is 50.2 Å². The van der Waals surface area contributed by atoms with E-state index in [1.165, 1.54) is 0 Å². The number of ether oxygens (including phenoxy) is 6. The maximum atomic E-state index is 13.1. The van der Waals surface area contributed by atoms with Gasteiger partial charge >= 0.3 is 11.9 Å². The predicted molar refractivity (Wildman–Crippen MR) is 137 cm³/mol. The molecule has 0 aromatic heterocycles. The average Bonchev–Trinajstić information content (AvgIpc) is 3.55. The summed E-state index contributed by atoms with van der Waals surface area (Å²) in [5, 5.41) is 0. The van der Waals surface area contributed by atoms with Gasteiger partial charge in [-0.25, -0.2) is 0 Å². The highest BCUT2D eigenvalue weighted by Crippen LogP contribution is 2.56. The lowest BCUT2D eigenvalue weighted by Gasteiger charge is -2.34. The van der Waals surface area contributed by atoms with Gasteiger partial charge in [0.15, 0.2) is 17.5 Å². The van der Waals surface area contributed by atoms with E-state index in [-0.39, 0.29) is 38.2 Å². The molecule has 204 valence electrons. The van der Waals surface area contributed by atoms with Crippen molar-refractivity contribution in [1.29, 1.82) is 0 Å². The highest BCUT2D eigenvalue weighted by atomic mass is 16.8. The van der Waals surface area contributed by atoms with Crippen LogP contribution in [-0.2, 0) is 46.3 Å². The van der Waals surface area contributed by atoms with Crippen LogP contribution in [-0.4, -0.2) is 55.9 Å². The monoisotopic (exact) mass is 524 g/mol. The minimum atomic E-state index is -1.21. The van der Waals surface area contributed by atoms with E-state index in [9.17, 15) is 9.59 Å². The van der Waals surface area contributed by atoms with Crippen molar-refractivity contribution in [3.8, 4) is 5.75 Å².